The van der Waals surface area contributed by atoms with Crippen molar-refractivity contribution in [2.75, 3.05) is 19.8 Å². The van der Waals surface area contributed by atoms with Gasteiger partial charge >= 0.3 is 0 Å². The zero-order valence-corrected chi connectivity index (χ0v) is 37.1. The van der Waals surface area contributed by atoms with Crippen LogP contribution in [-0.4, -0.2) is 55.5 Å². The van der Waals surface area contributed by atoms with Gasteiger partial charge in [0.25, 0.3) is 5.91 Å². The van der Waals surface area contributed by atoms with Crippen molar-refractivity contribution in [2.24, 2.45) is 5.92 Å². The molecular formula is C54H56N4O8. The molecule has 11 rings (SSSR count). The number of hydrogen-bond donors (Lipinski definition) is 4. The highest BCUT2D eigenvalue weighted by atomic mass is 16.5. The molecular weight excluding hydrogens is 833 g/mol. The Balaban J connectivity index is 1.05. The van der Waals surface area contributed by atoms with E-state index in [1.54, 1.807) is 18.2 Å². The third-order valence-electron chi connectivity index (χ3n) is 12.1. The maximum Gasteiger partial charge on any atom is 0.258 e. The minimum atomic E-state index is -1.01. The summed E-state index contributed by atoms with van der Waals surface area (Å²) in [6.07, 6.45) is 3.81. The summed E-state index contributed by atoms with van der Waals surface area (Å²) in [4.78, 5) is 55.2. The summed E-state index contributed by atoms with van der Waals surface area (Å²) >= 11 is 0. The topological polar surface area (TPSA) is 153 Å². The summed E-state index contributed by atoms with van der Waals surface area (Å²) in [5.74, 6) is 1.32. The fourth-order valence-corrected chi connectivity index (χ4v) is 8.66. The molecule has 4 N–H and O–H groups in total. The number of carbonyl (C=O) groups is 4. The zero-order chi connectivity index (χ0) is 45.7. The molecule has 2 atom stereocenters. The summed E-state index contributed by atoms with van der Waals surface area (Å²) in [7, 11) is 0. The predicted molar refractivity (Wildman–Crippen MR) is 253 cm³/mol. The first-order valence-corrected chi connectivity index (χ1v) is 22.8. The van der Waals surface area contributed by atoms with Crippen LogP contribution < -0.4 is 40.2 Å². The average Bonchev–Trinajstić information content (AvgIpc) is 3.33. The number of carbonyl (C=O) groups excluding carboxylic acids is 4. The molecule has 12 nitrogen and oxygen atoms in total. The lowest BCUT2D eigenvalue weighted by molar-refractivity contribution is -0.132. The molecule has 0 saturated heterocycles. The molecule has 66 heavy (non-hydrogen) atoms. The maximum absolute atomic E-state index is 14.1. The van der Waals surface area contributed by atoms with Gasteiger partial charge in [-0.25, -0.2) is 0 Å². The minimum absolute atomic E-state index is 0.0639. The van der Waals surface area contributed by atoms with Gasteiger partial charge in [0.2, 0.25) is 17.7 Å². The zero-order valence-electron chi connectivity index (χ0n) is 37.1. The standard InChI is InChI=1S/C54H56N4O8/c1-2-63-48-33-44(66-47-19-11-17-39-14-9-10-18-45(39)47)32-41-34-64-43-26-22-36(23-27-43)28-29-55-53(61)46(30-37-12-5-3-6-13-37)57-54(62)51(40-15-7-4-8-16-40)58-49(59)31-38-20-24-42(25-21-38)56-50(60)35-65-52(41)48/h3-19,22-23,26-27,32-33,38,42,46,51H,2,20-21,24-25,28-31,34-35H2,1H3,(H,55,61)(H,56,60)(H,57,62)(H,58,59)/t38?,42?,46-,51+/m1/s1. The molecule has 12 heteroatoms. The molecule has 0 aromatic heterocycles. The predicted octanol–water partition coefficient (Wildman–Crippen LogP) is 8.31. The van der Waals surface area contributed by atoms with Crippen LogP contribution in [-0.2, 0) is 38.6 Å². The van der Waals surface area contributed by atoms with Gasteiger partial charge in [0, 0.05) is 42.4 Å². The van der Waals surface area contributed by atoms with E-state index in [0.717, 1.165) is 34.7 Å². The van der Waals surface area contributed by atoms with Crippen molar-refractivity contribution < 1.29 is 38.1 Å². The number of hydrogen-bond acceptors (Lipinski definition) is 8. The van der Waals surface area contributed by atoms with Crippen LogP contribution in [0.2, 0.25) is 0 Å². The van der Waals surface area contributed by atoms with Crippen LogP contribution in [0.3, 0.4) is 0 Å². The van der Waals surface area contributed by atoms with Crippen molar-refractivity contribution in [1.82, 2.24) is 21.3 Å². The Labute approximate surface area is 385 Å². The molecule has 1 saturated carbocycles. The molecule has 6 aromatic rings. The van der Waals surface area contributed by atoms with Gasteiger partial charge in [-0.3, -0.25) is 19.2 Å². The Morgan fingerprint density at radius 2 is 1.38 bits per heavy atom. The maximum atomic E-state index is 14.1. The van der Waals surface area contributed by atoms with Gasteiger partial charge in [-0.15, -0.1) is 0 Å². The molecule has 4 aliphatic heterocycles. The molecule has 4 heterocycles. The molecule has 6 aromatic carbocycles. The fraction of sp³-hybridized carbons (Fsp3) is 0.296. The van der Waals surface area contributed by atoms with E-state index in [-0.39, 0.29) is 55.7 Å². The molecule has 4 bridgehead atoms. The largest absolute Gasteiger partial charge is 0.490 e. The molecule has 0 radical (unpaired) electrons. The number of rotatable bonds is 7. The summed E-state index contributed by atoms with van der Waals surface area (Å²) in [6.45, 7) is 2.37. The molecule has 5 aliphatic rings. The number of amides is 4. The first-order valence-electron chi connectivity index (χ1n) is 22.8. The van der Waals surface area contributed by atoms with E-state index in [2.05, 4.69) is 21.3 Å². The van der Waals surface area contributed by atoms with E-state index < -0.39 is 18.0 Å². The lowest BCUT2D eigenvalue weighted by Gasteiger charge is -2.29. The van der Waals surface area contributed by atoms with Gasteiger partial charge in [0.05, 0.1) is 6.61 Å². The summed E-state index contributed by atoms with van der Waals surface area (Å²) < 4.78 is 25.3. The van der Waals surface area contributed by atoms with Crippen molar-refractivity contribution in [2.45, 2.75) is 76.6 Å². The van der Waals surface area contributed by atoms with Gasteiger partial charge < -0.3 is 40.2 Å². The lowest BCUT2D eigenvalue weighted by atomic mass is 9.84. The normalized spacial score (nSPS) is 20.0. The van der Waals surface area contributed by atoms with Crippen molar-refractivity contribution in [3.05, 3.63) is 162 Å². The van der Waals surface area contributed by atoms with Gasteiger partial charge in [0.15, 0.2) is 18.1 Å². The van der Waals surface area contributed by atoms with Crippen LogP contribution in [0.4, 0.5) is 0 Å². The van der Waals surface area contributed by atoms with Crippen LogP contribution in [0.15, 0.2) is 140 Å². The second-order valence-corrected chi connectivity index (χ2v) is 16.8. The lowest BCUT2D eigenvalue weighted by Crippen LogP contribution is -2.52. The second-order valence-electron chi connectivity index (χ2n) is 16.8. The highest BCUT2D eigenvalue weighted by Gasteiger charge is 2.30. The Morgan fingerprint density at radius 3 is 2.15 bits per heavy atom. The van der Waals surface area contributed by atoms with E-state index >= 15 is 0 Å². The van der Waals surface area contributed by atoms with Gasteiger partial charge in [-0.2, -0.15) is 0 Å². The first kappa shape index (κ1) is 45.2. The van der Waals surface area contributed by atoms with E-state index in [9.17, 15) is 19.2 Å². The van der Waals surface area contributed by atoms with Gasteiger partial charge in [-0.1, -0.05) is 109 Å². The van der Waals surface area contributed by atoms with E-state index in [1.165, 1.54) is 0 Å². The highest BCUT2D eigenvalue weighted by molar-refractivity contribution is 5.93. The van der Waals surface area contributed by atoms with Gasteiger partial charge in [-0.05, 0) is 91.3 Å². The van der Waals surface area contributed by atoms with E-state index in [0.29, 0.717) is 72.3 Å². The number of benzene rings is 6. The van der Waals surface area contributed by atoms with Crippen molar-refractivity contribution in [3.63, 3.8) is 0 Å². The molecule has 1 fully saturated rings. The molecule has 0 spiro atoms. The first-order chi connectivity index (χ1) is 32.3. The third kappa shape index (κ3) is 12.1. The van der Waals surface area contributed by atoms with Crippen molar-refractivity contribution in [1.29, 1.82) is 0 Å². The molecule has 4 amide bonds. The number of nitrogens with one attached hydrogen (secondary N) is 4. The summed E-state index contributed by atoms with van der Waals surface area (Å²) in [5.41, 5.74) is 3.08. The van der Waals surface area contributed by atoms with E-state index in [1.807, 2.05) is 128 Å². The van der Waals surface area contributed by atoms with Crippen molar-refractivity contribution >= 4 is 34.4 Å². The van der Waals surface area contributed by atoms with Crippen LogP contribution in [0.25, 0.3) is 10.8 Å². The van der Waals surface area contributed by atoms with Gasteiger partial charge in [0.1, 0.15) is 35.9 Å². The Bertz CT molecular complexity index is 2590. The average molecular weight is 889 g/mol. The SMILES string of the molecule is CCOc1cc(Oc2cccc3ccccc23)cc2c1OCC(=O)NC1CCC(CC1)CC(=O)N[C@@H](c1ccccc1)C(=O)N[C@H](Cc1ccccc1)C(=O)NCCc1ccc(cc1)OC2. The minimum Gasteiger partial charge on any atom is -0.490 e. The fourth-order valence-electron chi connectivity index (χ4n) is 8.66. The molecule has 1 aliphatic carbocycles. The third-order valence-corrected chi connectivity index (χ3v) is 12.1. The smallest absolute Gasteiger partial charge is 0.258 e. The number of ether oxygens (including phenoxy) is 4. The van der Waals surface area contributed by atoms with Crippen molar-refractivity contribution in [3.8, 4) is 28.7 Å². The van der Waals surface area contributed by atoms with Crippen LogP contribution >= 0.6 is 0 Å². The highest BCUT2D eigenvalue weighted by Crippen LogP contribution is 2.40. The van der Waals surface area contributed by atoms with E-state index in [4.69, 9.17) is 18.9 Å². The number of fused-ring (bicyclic) bond motifs is 1. The van der Waals surface area contributed by atoms with Crippen LogP contribution in [0.5, 0.6) is 28.7 Å². The monoisotopic (exact) mass is 888 g/mol. The Morgan fingerprint density at radius 1 is 0.652 bits per heavy atom. The Kier molecular flexibility index (Phi) is 15.1. The Hall–Kier alpha value is -7.34. The quantitative estimate of drug-likeness (QED) is 0.125. The van der Waals surface area contributed by atoms with Crippen LogP contribution in [0.1, 0.15) is 67.3 Å². The summed E-state index contributed by atoms with van der Waals surface area (Å²) in [6, 6.07) is 41.7. The second kappa shape index (κ2) is 22.0. The molecule has 0 unspecified atom stereocenters. The molecule has 340 valence electrons. The van der Waals surface area contributed by atoms with Crippen LogP contribution in [0, 0.1) is 5.92 Å². The summed E-state index contributed by atoms with van der Waals surface area (Å²) in [5, 5.41) is 14.1.